The zero-order chi connectivity index (χ0) is 19.5. The van der Waals surface area contributed by atoms with Gasteiger partial charge < -0.3 is 5.73 Å². The molecule has 0 saturated carbocycles. The molecule has 26 heavy (non-hydrogen) atoms. The zero-order valence-electron chi connectivity index (χ0n) is 14.3. The van der Waals surface area contributed by atoms with E-state index in [4.69, 9.17) is 5.73 Å². The molecule has 0 aliphatic carbocycles. The van der Waals surface area contributed by atoms with Gasteiger partial charge in [0.05, 0.1) is 15.5 Å². The fourth-order valence-corrected chi connectivity index (χ4v) is 3.84. The molecule has 8 nitrogen and oxygen atoms in total. The molecule has 0 unspecified atom stereocenters. The van der Waals surface area contributed by atoms with Crippen LogP contribution in [0.4, 0.5) is 11.4 Å². The molecule has 2 N–H and O–H groups in total. The van der Waals surface area contributed by atoms with Crippen LogP contribution < -0.4 is 10.0 Å². The highest BCUT2D eigenvalue weighted by Gasteiger charge is 2.28. The molecule has 0 aromatic heterocycles. The van der Waals surface area contributed by atoms with E-state index in [0.29, 0.717) is 0 Å². The molecule has 0 aliphatic heterocycles. The van der Waals surface area contributed by atoms with E-state index < -0.39 is 27.4 Å². The number of nitro benzene ring substituents is 1. The summed E-state index contributed by atoms with van der Waals surface area (Å²) in [4.78, 5) is 21.4. The third kappa shape index (κ3) is 4.17. The van der Waals surface area contributed by atoms with Crippen molar-refractivity contribution in [3.8, 4) is 0 Å². The van der Waals surface area contributed by atoms with Gasteiger partial charge in [-0.05, 0) is 29.7 Å². The number of sulfonamides is 1. The van der Waals surface area contributed by atoms with Gasteiger partial charge in [-0.15, -0.1) is 0 Å². The van der Waals surface area contributed by atoms with Crippen molar-refractivity contribution in [3.05, 3.63) is 64.2 Å². The number of carbonyl (C=O) groups excluding carboxylic acids is 1. The summed E-state index contributed by atoms with van der Waals surface area (Å²) in [6.07, 6.45) is 0. The summed E-state index contributed by atoms with van der Waals surface area (Å²) < 4.78 is 26.8. The molecule has 2 aromatic rings. The van der Waals surface area contributed by atoms with E-state index in [1.165, 1.54) is 18.2 Å². The number of nitrogens with zero attached hydrogens (tertiary/aromatic N) is 2. The van der Waals surface area contributed by atoms with Gasteiger partial charge in [-0.2, -0.15) is 0 Å². The Bertz CT molecular complexity index is 924. The number of amides is 1. The van der Waals surface area contributed by atoms with Crippen molar-refractivity contribution in [2.45, 2.75) is 24.7 Å². The van der Waals surface area contributed by atoms with Crippen LogP contribution in [0.1, 0.15) is 25.3 Å². The summed E-state index contributed by atoms with van der Waals surface area (Å²) in [6, 6.07) is 11.3. The Labute approximate surface area is 151 Å². The summed E-state index contributed by atoms with van der Waals surface area (Å²) in [5.74, 6) is -0.589. The third-order valence-electron chi connectivity index (χ3n) is 3.76. The van der Waals surface area contributed by atoms with Gasteiger partial charge in [0.25, 0.3) is 15.7 Å². The lowest BCUT2D eigenvalue weighted by atomic mass is 10.0. The SMILES string of the molecule is CC(C)c1ccc(N(CC(N)=O)S(=O)(=O)c2cccc([N+](=O)[O-])c2)cc1. The summed E-state index contributed by atoms with van der Waals surface area (Å²) in [7, 11) is -4.21. The maximum Gasteiger partial charge on any atom is 0.270 e. The van der Waals surface area contributed by atoms with E-state index in [9.17, 15) is 23.3 Å². The molecule has 1 amide bonds. The number of hydrogen-bond donors (Lipinski definition) is 1. The Morgan fingerprint density at radius 1 is 1.19 bits per heavy atom. The first-order chi connectivity index (χ1) is 12.1. The lowest BCUT2D eigenvalue weighted by molar-refractivity contribution is -0.385. The number of nitrogens with two attached hydrogens (primary N) is 1. The van der Waals surface area contributed by atoms with Gasteiger partial charge in [-0.1, -0.05) is 32.0 Å². The second-order valence-corrected chi connectivity index (χ2v) is 7.84. The minimum Gasteiger partial charge on any atom is -0.368 e. The lowest BCUT2D eigenvalue weighted by Crippen LogP contribution is -2.38. The Hall–Kier alpha value is -2.94. The van der Waals surface area contributed by atoms with Crippen molar-refractivity contribution in [1.29, 1.82) is 0 Å². The molecule has 9 heteroatoms. The van der Waals surface area contributed by atoms with E-state index in [2.05, 4.69) is 0 Å². The smallest absolute Gasteiger partial charge is 0.270 e. The summed E-state index contributed by atoms with van der Waals surface area (Å²) >= 11 is 0. The highest BCUT2D eigenvalue weighted by Crippen LogP contribution is 2.27. The van der Waals surface area contributed by atoms with E-state index >= 15 is 0 Å². The van der Waals surface area contributed by atoms with Gasteiger partial charge in [-0.3, -0.25) is 19.2 Å². The molecule has 0 fully saturated rings. The fraction of sp³-hybridized carbons (Fsp3) is 0.235. The van der Waals surface area contributed by atoms with Crippen LogP contribution in [0.2, 0.25) is 0 Å². The minimum atomic E-state index is -4.21. The topological polar surface area (TPSA) is 124 Å². The Morgan fingerprint density at radius 3 is 2.31 bits per heavy atom. The summed E-state index contributed by atoms with van der Waals surface area (Å²) in [5, 5.41) is 10.9. The molecule has 0 radical (unpaired) electrons. The minimum absolute atomic E-state index is 0.250. The highest BCUT2D eigenvalue weighted by atomic mass is 32.2. The third-order valence-corrected chi connectivity index (χ3v) is 5.53. The maximum atomic E-state index is 13.0. The molecule has 0 atom stereocenters. The molecule has 0 spiro atoms. The molecular weight excluding hydrogens is 358 g/mol. The van der Waals surface area contributed by atoms with Crippen LogP contribution in [0.5, 0.6) is 0 Å². The van der Waals surface area contributed by atoms with E-state index in [1.807, 2.05) is 13.8 Å². The average molecular weight is 377 g/mol. The van der Waals surface area contributed by atoms with Gasteiger partial charge >= 0.3 is 0 Å². The fourth-order valence-electron chi connectivity index (χ4n) is 2.37. The average Bonchev–Trinajstić information content (AvgIpc) is 2.59. The number of carbonyl (C=O) groups is 1. The zero-order valence-corrected chi connectivity index (χ0v) is 15.1. The van der Waals surface area contributed by atoms with Gasteiger partial charge in [0, 0.05) is 12.1 Å². The Balaban J connectivity index is 2.53. The van der Waals surface area contributed by atoms with Gasteiger partial charge in [-0.25, -0.2) is 8.42 Å². The number of benzene rings is 2. The maximum absolute atomic E-state index is 13.0. The first kappa shape index (κ1) is 19.4. The van der Waals surface area contributed by atoms with Crippen LogP contribution in [0, 0.1) is 10.1 Å². The highest BCUT2D eigenvalue weighted by molar-refractivity contribution is 7.92. The van der Waals surface area contributed by atoms with Crippen LogP contribution >= 0.6 is 0 Å². The van der Waals surface area contributed by atoms with Crippen LogP contribution in [-0.4, -0.2) is 25.8 Å². The molecule has 0 aliphatic rings. The van der Waals surface area contributed by atoms with Crippen molar-refractivity contribution in [1.82, 2.24) is 0 Å². The largest absolute Gasteiger partial charge is 0.368 e. The first-order valence-electron chi connectivity index (χ1n) is 7.78. The van der Waals surface area contributed by atoms with Crippen LogP contribution in [-0.2, 0) is 14.8 Å². The van der Waals surface area contributed by atoms with Gasteiger partial charge in [0.1, 0.15) is 6.54 Å². The molecular formula is C17H19N3O5S. The number of primary amides is 1. The Kier molecular flexibility index (Phi) is 5.61. The second-order valence-electron chi connectivity index (χ2n) is 5.98. The molecule has 0 saturated heterocycles. The number of rotatable bonds is 7. The summed E-state index contributed by atoms with van der Waals surface area (Å²) in [6.45, 7) is 3.41. The predicted molar refractivity (Wildman–Crippen MR) is 97.4 cm³/mol. The second kappa shape index (κ2) is 7.52. The van der Waals surface area contributed by atoms with Crippen molar-refractivity contribution >= 4 is 27.3 Å². The van der Waals surface area contributed by atoms with Gasteiger partial charge in [0.15, 0.2) is 0 Å². The van der Waals surface area contributed by atoms with E-state index in [0.717, 1.165) is 15.9 Å². The molecule has 138 valence electrons. The number of hydrogen-bond acceptors (Lipinski definition) is 5. The van der Waals surface area contributed by atoms with Crippen molar-refractivity contribution in [2.24, 2.45) is 5.73 Å². The number of non-ortho nitro benzene ring substituents is 1. The quantitative estimate of drug-likeness (QED) is 0.586. The normalized spacial score (nSPS) is 11.3. The molecule has 0 bridgehead atoms. The van der Waals surface area contributed by atoms with E-state index in [-0.39, 0.29) is 22.2 Å². The molecule has 2 rings (SSSR count). The van der Waals surface area contributed by atoms with Crippen molar-refractivity contribution in [2.75, 3.05) is 10.8 Å². The van der Waals surface area contributed by atoms with Crippen molar-refractivity contribution in [3.63, 3.8) is 0 Å². The van der Waals surface area contributed by atoms with E-state index in [1.54, 1.807) is 24.3 Å². The lowest BCUT2D eigenvalue weighted by Gasteiger charge is -2.23. The molecule has 0 heterocycles. The Morgan fingerprint density at radius 2 is 1.81 bits per heavy atom. The monoisotopic (exact) mass is 377 g/mol. The molecule has 2 aromatic carbocycles. The van der Waals surface area contributed by atoms with Gasteiger partial charge in [0.2, 0.25) is 5.91 Å². The number of anilines is 1. The first-order valence-corrected chi connectivity index (χ1v) is 9.22. The van der Waals surface area contributed by atoms with Crippen LogP contribution in [0.25, 0.3) is 0 Å². The van der Waals surface area contributed by atoms with Crippen LogP contribution in [0.15, 0.2) is 53.4 Å². The van der Waals surface area contributed by atoms with Crippen LogP contribution in [0.3, 0.4) is 0 Å². The van der Waals surface area contributed by atoms with Crippen molar-refractivity contribution < 1.29 is 18.1 Å². The number of nitro groups is 1. The summed E-state index contributed by atoms with van der Waals surface area (Å²) in [5.41, 5.74) is 6.10. The standard InChI is InChI=1S/C17H19N3O5S/c1-12(2)13-6-8-14(9-7-13)19(11-17(18)21)26(24,25)16-5-3-4-15(10-16)20(22)23/h3-10,12H,11H2,1-2H3,(H2,18,21). The predicted octanol–water partition coefficient (Wildman–Crippen LogP) is 2.40.